The van der Waals surface area contributed by atoms with Gasteiger partial charge < -0.3 is 0 Å². The number of pyridine rings is 1. The quantitative estimate of drug-likeness (QED) is 0.469. The topological polar surface area (TPSA) is 47.0 Å². The number of hydrogen-bond acceptors (Lipinski definition) is 3. The molecule has 0 fully saturated rings. The van der Waals surface area contributed by atoms with E-state index in [1.54, 1.807) is 6.92 Å². The second kappa shape index (κ2) is 6.22. The maximum absolute atomic E-state index is 11.5. The summed E-state index contributed by atoms with van der Waals surface area (Å²) in [6, 6.07) is 0. The van der Waals surface area contributed by atoms with Crippen LogP contribution in [0.4, 0.5) is 0 Å². The highest BCUT2D eigenvalue weighted by Gasteiger charge is 2.22. The van der Waals surface area contributed by atoms with Gasteiger partial charge in [-0.3, -0.25) is 0 Å². The summed E-state index contributed by atoms with van der Waals surface area (Å²) in [5.74, 6) is 0. The van der Waals surface area contributed by atoms with Crippen LogP contribution in [0.1, 0.15) is 43.0 Å². The Labute approximate surface area is 118 Å². The van der Waals surface area contributed by atoms with Crippen molar-refractivity contribution in [3.63, 3.8) is 0 Å². The van der Waals surface area contributed by atoms with Gasteiger partial charge >= 0.3 is 0 Å². The van der Waals surface area contributed by atoms with Crippen molar-refractivity contribution in [1.29, 1.82) is 0 Å². The molecule has 0 aliphatic heterocycles. The Kier molecular flexibility index (Phi) is 5.44. The minimum atomic E-state index is -3.86. The molecule has 0 atom stereocenters. The second-order valence-electron chi connectivity index (χ2n) is 4.32. The van der Waals surface area contributed by atoms with Crippen LogP contribution in [0.3, 0.4) is 0 Å². The van der Waals surface area contributed by atoms with Crippen molar-refractivity contribution in [2.24, 2.45) is 0 Å². The van der Waals surface area contributed by atoms with E-state index in [1.807, 2.05) is 6.92 Å². The van der Waals surface area contributed by atoms with Crippen molar-refractivity contribution in [3.05, 3.63) is 22.0 Å². The first kappa shape index (κ1) is 15.7. The van der Waals surface area contributed by atoms with Crippen molar-refractivity contribution in [3.8, 4) is 0 Å². The summed E-state index contributed by atoms with van der Waals surface area (Å²) in [5, 5.41) is -0.0424. The molecule has 0 unspecified atom stereocenters. The summed E-state index contributed by atoms with van der Waals surface area (Å²) in [6.07, 6.45) is 4.02. The molecular weight excluding hydrogens is 293 g/mol. The second-order valence-corrected chi connectivity index (χ2v) is 7.18. The molecule has 1 rings (SSSR count). The van der Waals surface area contributed by atoms with E-state index in [-0.39, 0.29) is 10.0 Å². The summed E-state index contributed by atoms with van der Waals surface area (Å²) in [5.41, 5.74) is 2.34. The molecule has 0 aliphatic carbocycles. The van der Waals surface area contributed by atoms with E-state index in [4.69, 9.17) is 22.3 Å². The molecule has 0 bridgehead atoms. The molecule has 3 nitrogen and oxygen atoms in total. The van der Waals surface area contributed by atoms with Crippen molar-refractivity contribution >= 4 is 31.3 Å². The lowest BCUT2D eigenvalue weighted by molar-refractivity contribution is 0.608. The molecule has 18 heavy (non-hydrogen) atoms. The van der Waals surface area contributed by atoms with Gasteiger partial charge in [-0.05, 0) is 37.8 Å². The molecule has 1 aromatic heterocycles. The normalized spacial score (nSPS) is 11.8. The van der Waals surface area contributed by atoms with Gasteiger partial charge in [0.1, 0.15) is 10.0 Å². The van der Waals surface area contributed by atoms with E-state index in [1.165, 1.54) is 0 Å². The van der Waals surface area contributed by atoms with Crippen molar-refractivity contribution in [2.75, 3.05) is 0 Å². The molecular formula is C12H17Cl2NO2S. The molecule has 102 valence electrons. The third-order valence-electron chi connectivity index (χ3n) is 2.96. The van der Waals surface area contributed by atoms with Crippen LogP contribution in [0.2, 0.25) is 5.15 Å². The van der Waals surface area contributed by atoms with Crippen molar-refractivity contribution < 1.29 is 8.42 Å². The fourth-order valence-corrected chi connectivity index (χ4v) is 4.03. The number of hydrogen-bond donors (Lipinski definition) is 0. The molecule has 1 heterocycles. The summed E-state index contributed by atoms with van der Waals surface area (Å²) in [4.78, 5) is 4.03. The zero-order valence-corrected chi connectivity index (χ0v) is 13.1. The lowest BCUT2D eigenvalue weighted by atomic mass is 10.0. The van der Waals surface area contributed by atoms with Gasteiger partial charge in [0, 0.05) is 16.4 Å². The lowest BCUT2D eigenvalue weighted by Gasteiger charge is -2.13. The average molecular weight is 310 g/mol. The van der Waals surface area contributed by atoms with E-state index in [2.05, 4.69) is 11.9 Å². The first-order valence-electron chi connectivity index (χ1n) is 5.89. The van der Waals surface area contributed by atoms with E-state index < -0.39 is 9.05 Å². The van der Waals surface area contributed by atoms with Crippen LogP contribution < -0.4 is 0 Å². The van der Waals surface area contributed by atoms with E-state index in [0.717, 1.165) is 36.9 Å². The molecule has 0 aliphatic rings. The average Bonchev–Trinajstić information content (AvgIpc) is 2.20. The Morgan fingerprint density at radius 2 is 1.83 bits per heavy atom. The highest BCUT2D eigenvalue weighted by atomic mass is 35.7. The number of halogens is 2. The van der Waals surface area contributed by atoms with Crippen LogP contribution in [-0.4, -0.2) is 13.4 Å². The zero-order chi connectivity index (χ0) is 13.9. The first-order chi connectivity index (χ1) is 8.29. The third kappa shape index (κ3) is 3.59. The molecule has 0 radical (unpaired) electrons. The monoisotopic (exact) mass is 309 g/mol. The van der Waals surface area contributed by atoms with Crippen molar-refractivity contribution in [1.82, 2.24) is 4.98 Å². The highest BCUT2D eigenvalue weighted by Crippen LogP contribution is 2.30. The largest absolute Gasteiger partial charge is 0.264 e. The van der Waals surface area contributed by atoms with Crippen LogP contribution in [-0.2, 0) is 15.5 Å². The lowest BCUT2D eigenvalue weighted by Crippen LogP contribution is -2.05. The SMILES string of the molecule is CCCCCc1c(C)nc(Cl)c(S(=O)(=O)Cl)c1C. The number of rotatable bonds is 5. The van der Waals surface area contributed by atoms with Gasteiger partial charge in [-0.25, -0.2) is 13.4 Å². The number of aromatic nitrogens is 1. The molecule has 0 N–H and O–H groups in total. The van der Waals surface area contributed by atoms with Crippen LogP contribution in [0, 0.1) is 13.8 Å². The van der Waals surface area contributed by atoms with Crippen LogP contribution in [0.15, 0.2) is 4.90 Å². The van der Waals surface area contributed by atoms with E-state index in [0.29, 0.717) is 5.56 Å². The third-order valence-corrected chi connectivity index (χ3v) is 4.79. The van der Waals surface area contributed by atoms with Gasteiger partial charge in [0.15, 0.2) is 0 Å². The molecule has 0 spiro atoms. The summed E-state index contributed by atoms with van der Waals surface area (Å²) < 4.78 is 23.0. The summed E-state index contributed by atoms with van der Waals surface area (Å²) in [7, 11) is 1.55. The van der Waals surface area contributed by atoms with Gasteiger partial charge in [-0.1, -0.05) is 31.4 Å². The Hall–Kier alpha value is -0.320. The standard InChI is InChI=1S/C12H17Cl2NO2S/c1-4-5-6-7-10-8(2)11(18(14,16)17)12(13)15-9(10)3/h4-7H2,1-3H3. The molecule has 0 amide bonds. The molecule has 0 aromatic carbocycles. The maximum Gasteiger partial charge on any atom is 0.264 e. The van der Waals surface area contributed by atoms with Gasteiger partial charge in [0.05, 0.1) is 0 Å². The molecule has 1 aromatic rings. The van der Waals surface area contributed by atoms with E-state index in [9.17, 15) is 8.42 Å². The molecule has 6 heteroatoms. The molecule has 0 saturated carbocycles. The fraction of sp³-hybridized carbons (Fsp3) is 0.583. The predicted octanol–water partition coefficient (Wildman–Crippen LogP) is 4.01. The van der Waals surface area contributed by atoms with Gasteiger partial charge in [-0.2, -0.15) is 0 Å². The Morgan fingerprint density at radius 1 is 1.22 bits per heavy atom. The minimum Gasteiger partial charge on any atom is -0.240 e. The fourth-order valence-electron chi connectivity index (χ4n) is 2.03. The Morgan fingerprint density at radius 3 is 2.33 bits per heavy atom. The number of nitrogens with zero attached hydrogens (tertiary/aromatic N) is 1. The first-order valence-corrected chi connectivity index (χ1v) is 8.58. The Bertz CT molecular complexity index is 541. The summed E-state index contributed by atoms with van der Waals surface area (Å²) in [6.45, 7) is 5.69. The highest BCUT2D eigenvalue weighted by molar-refractivity contribution is 8.13. The van der Waals surface area contributed by atoms with Crippen LogP contribution >= 0.6 is 22.3 Å². The zero-order valence-electron chi connectivity index (χ0n) is 10.8. The van der Waals surface area contributed by atoms with E-state index >= 15 is 0 Å². The molecule has 0 saturated heterocycles. The van der Waals surface area contributed by atoms with Gasteiger partial charge in [-0.15, -0.1) is 0 Å². The van der Waals surface area contributed by atoms with Crippen LogP contribution in [0.5, 0.6) is 0 Å². The minimum absolute atomic E-state index is 0.0424. The Balaban J connectivity index is 3.28. The van der Waals surface area contributed by atoms with Crippen molar-refractivity contribution in [2.45, 2.75) is 51.3 Å². The van der Waals surface area contributed by atoms with Crippen LogP contribution in [0.25, 0.3) is 0 Å². The van der Waals surface area contributed by atoms with Gasteiger partial charge in [0.2, 0.25) is 0 Å². The maximum atomic E-state index is 11.5. The smallest absolute Gasteiger partial charge is 0.240 e. The van der Waals surface area contributed by atoms with Gasteiger partial charge in [0.25, 0.3) is 9.05 Å². The summed E-state index contributed by atoms with van der Waals surface area (Å²) >= 11 is 5.88. The number of aryl methyl sites for hydroxylation is 1. The number of unbranched alkanes of at least 4 members (excludes halogenated alkanes) is 2. The predicted molar refractivity (Wildman–Crippen MR) is 75.0 cm³/mol.